The van der Waals surface area contributed by atoms with Crippen LogP contribution in [0.5, 0.6) is 0 Å². The Labute approximate surface area is 397 Å². The summed E-state index contributed by atoms with van der Waals surface area (Å²) >= 11 is 0. The van der Waals surface area contributed by atoms with Crippen LogP contribution >= 0.6 is 0 Å². The van der Waals surface area contributed by atoms with Gasteiger partial charge in [-0.1, -0.05) is 220 Å². The van der Waals surface area contributed by atoms with E-state index >= 15 is 0 Å². The third-order valence-electron chi connectivity index (χ3n) is 14.7. The summed E-state index contributed by atoms with van der Waals surface area (Å²) in [6.07, 6.45) is 0. The van der Waals surface area contributed by atoms with Crippen molar-refractivity contribution in [1.29, 1.82) is 0 Å². The quantitative estimate of drug-likeness (QED) is 0.144. The minimum atomic E-state index is -0.166. The van der Waals surface area contributed by atoms with Crippen molar-refractivity contribution in [3.8, 4) is 55.6 Å². The lowest BCUT2D eigenvalue weighted by atomic mass is 9.82. The van der Waals surface area contributed by atoms with Crippen LogP contribution in [0.3, 0.4) is 0 Å². The van der Waals surface area contributed by atoms with Crippen molar-refractivity contribution in [2.24, 2.45) is 0 Å². The van der Waals surface area contributed by atoms with Gasteiger partial charge >= 0.3 is 0 Å². The Morgan fingerprint density at radius 3 is 1.46 bits per heavy atom. The van der Waals surface area contributed by atoms with E-state index in [0.29, 0.717) is 0 Å². The Balaban J connectivity index is 1.05. The second kappa shape index (κ2) is 15.8. The molecule has 0 aliphatic heterocycles. The molecule has 0 aromatic heterocycles. The highest BCUT2D eigenvalue weighted by Gasteiger charge is 2.36. The minimum Gasteiger partial charge on any atom is -0.310 e. The molecule has 0 atom stereocenters. The van der Waals surface area contributed by atoms with Crippen molar-refractivity contribution in [1.82, 2.24) is 0 Å². The van der Waals surface area contributed by atoms with Gasteiger partial charge in [0.25, 0.3) is 0 Å². The van der Waals surface area contributed by atoms with E-state index < -0.39 is 0 Å². The largest absolute Gasteiger partial charge is 0.310 e. The van der Waals surface area contributed by atoms with Gasteiger partial charge in [-0.25, -0.2) is 0 Å². The summed E-state index contributed by atoms with van der Waals surface area (Å²) in [6, 6.07) is 92.2. The van der Waals surface area contributed by atoms with Gasteiger partial charge in [0, 0.05) is 22.4 Å². The van der Waals surface area contributed by atoms with Gasteiger partial charge in [0.05, 0.1) is 5.69 Å². The molecule has 12 aromatic rings. The van der Waals surface area contributed by atoms with Crippen LogP contribution in [0.1, 0.15) is 25.0 Å². The first kappa shape index (κ1) is 39.8. The maximum Gasteiger partial charge on any atom is 0.0546 e. The Morgan fingerprint density at radius 2 is 0.735 bits per heavy atom. The van der Waals surface area contributed by atoms with Crippen LogP contribution in [0.15, 0.2) is 249 Å². The fraction of sp³-hybridized carbons (Fsp3) is 0.0448. The lowest BCUT2D eigenvalue weighted by Crippen LogP contribution is -2.17. The fourth-order valence-electron chi connectivity index (χ4n) is 11.2. The van der Waals surface area contributed by atoms with Gasteiger partial charge in [0.2, 0.25) is 0 Å². The average molecular weight is 866 g/mol. The lowest BCUT2D eigenvalue weighted by Gasteiger charge is -2.30. The molecular formula is C67H47N. The zero-order valence-electron chi connectivity index (χ0n) is 38.1. The molecule has 0 amide bonds. The molecule has 0 heterocycles. The van der Waals surface area contributed by atoms with Crippen LogP contribution in [0.4, 0.5) is 17.1 Å². The van der Waals surface area contributed by atoms with Crippen LogP contribution in [-0.4, -0.2) is 0 Å². The Bertz CT molecular complexity index is 3910. The average Bonchev–Trinajstić information content (AvgIpc) is 3.64. The maximum absolute atomic E-state index is 2.52. The van der Waals surface area contributed by atoms with Crippen molar-refractivity contribution < 1.29 is 0 Å². The van der Waals surface area contributed by atoms with Gasteiger partial charge in [0.1, 0.15) is 0 Å². The normalized spacial score (nSPS) is 12.7. The lowest BCUT2D eigenvalue weighted by molar-refractivity contribution is 0.660. The van der Waals surface area contributed by atoms with Gasteiger partial charge in [0.15, 0.2) is 0 Å². The SMILES string of the molecule is CC1(C)c2ccccc2-c2ccc(N(c3ccc(-c4cccc5ccccc45)cc3)c3cc4c5ccccc5c5ccccc5c4cc3-c3ccc(-c4cccc(-c5ccccc5)c4)cc3)cc21. The molecule has 0 saturated carbocycles. The van der Waals surface area contributed by atoms with Gasteiger partial charge < -0.3 is 4.90 Å². The zero-order chi connectivity index (χ0) is 45.3. The predicted octanol–water partition coefficient (Wildman–Crippen LogP) is 18.7. The summed E-state index contributed by atoms with van der Waals surface area (Å²) in [7, 11) is 0. The zero-order valence-corrected chi connectivity index (χ0v) is 38.1. The molecule has 320 valence electrons. The molecule has 12 aromatic carbocycles. The second-order valence-corrected chi connectivity index (χ2v) is 18.8. The van der Waals surface area contributed by atoms with Gasteiger partial charge in [-0.2, -0.15) is 0 Å². The van der Waals surface area contributed by atoms with E-state index in [2.05, 4.69) is 267 Å². The number of fused-ring (bicyclic) bond motifs is 10. The molecule has 0 fully saturated rings. The highest BCUT2D eigenvalue weighted by atomic mass is 15.1. The number of rotatable bonds is 7. The predicted molar refractivity (Wildman–Crippen MR) is 290 cm³/mol. The molecule has 0 N–H and O–H groups in total. The fourth-order valence-corrected chi connectivity index (χ4v) is 11.2. The highest BCUT2D eigenvalue weighted by Crippen LogP contribution is 2.52. The molecule has 1 aliphatic carbocycles. The van der Waals surface area contributed by atoms with E-state index in [1.165, 1.54) is 104 Å². The number of hydrogen-bond acceptors (Lipinski definition) is 1. The molecule has 0 radical (unpaired) electrons. The standard InChI is InChI=1S/C67H47N/c1-67(2)64-29-13-12-27-59(64)60-39-38-52(41-65(60)67)68(51-36-34-47(35-37-51)54-28-15-19-46-18-6-7-22-53(46)54)66-43-63-58-26-11-9-24-56(58)55-23-8-10-25-57(55)62(63)42-61(66)48-32-30-45(31-33-48)50-21-14-20-49(40-50)44-16-4-3-5-17-44/h3-43H,1-2H3. The maximum atomic E-state index is 2.52. The monoisotopic (exact) mass is 865 g/mol. The minimum absolute atomic E-state index is 0.166. The molecule has 68 heavy (non-hydrogen) atoms. The summed E-state index contributed by atoms with van der Waals surface area (Å²) in [5.41, 5.74) is 18.1. The molecule has 0 bridgehead atoms. The highest BCUT2D eigenvalue weighted by molar-refractivity contribution is 6.26. The first-order valence-electron chi connectivity index (χ1n) is 23.7. The van der Waals surface area contributed by atoms with Gasteiger partial charge in [-0.05, 0) is 147 Å². The third-order valence-corrected chi connectivity index (χ3v) is 14.7. The van der Waals surface area contributed by atoms with Crippen molar-refractivity contribution in [3.63, 3.8) is 0 Å². The molecule has 0 saturated heterocycles. The number of anilines is 3. The smallest absolute Gasteiger partial charge is 0.0546 e. The van der Waals surface area contributed by atoms with Crippen molar-refractivity contribution in [2.75, 3.05) is 4.90 Å². The molecule has 1 aliphatic rings. The molecule has 1 heteroatoms. The number of hydrogen-bond donors (Lipinski definition) is 0. The van der Waals surface area contributed by atoms with E-state index in [0.717, 1.165) is 22.6 Å². The molecule has 0 unspecified atom stereocenters. The number of nitrogens with zero attached hydrogens (tertiary/aromatic N) is 1. The first-order chi connectivity index (χ1) is 33.5. The molecule has 13 rings (SSSR count). The Hall–Kier alpha value is -8.52. The molecular weight excluding hydrogens is 819 g/mol. The van der Waals surface area contributed by atoms with Crippen LogP contribution in [0.25, 0.3) is 98.7 Å². The Morgan fingerprint density at radius 1 is 0.265 bits per heavy atom. The summed E-state index contributed by atoms with van der Waals surface area (Å²) in [5, 5.41) is 10.0. The van der Waals surface area contributed by atoms with E-state index in [9.17, 15) is 0 Å². The van der Waals surface area contributed by atoms with Gasteiger partial charge in [-0.3, -0.25) is 0 Å². The van der Waals surface area contributed by atoms with E-state index in [-0.39, 0.29) is 5.41 Å². The van der Waals surface area contributed by atoms with E-state index in [1.807, 2.05) is 0 Å². The summed E-state index contributed by atoms with van der Waals surface area (Å²) < 4.78 is 0. The molecule has 1 nitrogen and oxygen atoms in total. The first-order valence-corrected chi connectivity index (χ1v) is 23.7. The summed E-state index contributed by atoms with van der Waals surface area (Å²) in [6.45, 7) is 4.75. The summed E-state index contributed by atoms with van der Waals surface area (Å²) in [4.78, 5) is 2.52. The van der Waals surface area contributed by atoms with Crippen LogP contribution in [0, 0.1) is 0 Å². The van der Waals surface area contributed by atoms with Crippen LogP contribution in [0.2, 0.25) is 0 Å². The van der Waals surface area contributed by atoms with Crippen LogP contribution < -0.4 is 4.90 Å². The Kier molecular flexibility index (Phi) is 9.27. The molecule has 0 spiro atoms. The van der Waals surface area contributed by atoms with E-state index in [1.54, 1.807) is 0 Å². The van der Waals surface area contributed by atoms with Crippen molar-refractivity contribution in [3.05, 3.63) is 260 Å². The van der Waals surface area contributed by atoms with Crippen molar-refractivity contribution in [2.45, 2.75) is 19.3 Å². The summed E-state index contributed by atoms with van der Waals surface area (Å²) in [5.74, 6) is 0. The number of benzene rings is 12. The third kappa shape index (κ3) is 6.46. The topological polar surface area (TPSA) is 3.24 Å². The van der Waals surface area contributed by atoms with Crippen LogP contribution in [-0.2, 0) is 5.41 Å². The van der Waals surface area contributed by atoms with Gasteiger partial charge in [-0.15, -0.1) is 0 Å². The van der Waals surface area contributed by atoms with Crippen molar-refractivity contribution >= 4 is 60.2 Å². The second-order valence-electron chi connectivity index (χ2n) is 18.8. The van der Waals surface area contributed by atoms with E-state index in [4.69, 9.17) is 0 Å².